The van der Waals surface area contributed by atoms with Crippen LogP contribution in [0, 0.1) is 0 Å². The molecule has 1 aromatic carbocycles. The third-order valence-electron chi connectivity index (χ3n) is 1.99. The number of rotatable bonds is 3. The quantitative estimate of drug-likeness (QED) is 0.515. The monoisotopic (exact) mass is 294 g/mol. The third kappa shape index (κ3) is 4.78. The molecule has 0 aliphatic rings. The molecule has 0 unspecified atom stereocenters. The van der Waals surface area contributed by atoms with Crippen molar-refractivity contribution in [2.45, 2.75) is 19.5 Å². The van der Waals surface area contributed by atoms with E-state index in [1.54, 1.807) is 6.92 Å². The summed E-state index contributed by atoms with van der Waals surface area (Å²) in [6.45, 7) is 1.67. The molecule has 0 bridgehead atoms. The first-order chi connectivity index (χ1) is 8.84. The first-order valence-electron chi connectivity index (χ1n) is 5.21. The van der Waals surface area contributed by atoms with Crippen LogP contribution in [-0.2, 0) is 11.0 Å². The minimum atomic E-state index is -4.58. The van der Waals surface area contributed by atoms with Crippen LogP contribution in [0.15, 0.2) is 29.4 Å². The SMILES string of the molecule is CC/C(Cl)=N\OC(=O)Nc1ccccc1C(F)(F)F. The molecule has 1 rings (SSSR count). The van der Waals surface area contributed by atoms with Crippen molar-refractivity contribution >= 4 is 28.6 Å². The summed E-state index contributed by atoms with van der Waals surface area (Å²) in [5.74, 6) is 0. The number of para-hydroxylation sites is 1. The second kappa shape index (κ2) is 6.42. The van der Waals surface area contributed by atoms with E-state index in [-0.39, 0.29) is 5.17 Å². The van der Waals surface area contributed by atoms with Crippen LogP contribution in [0.25, 0.3) is 0 Å². The molecule has 0 saturated heterocycles. The first-order valence-corrected chi connectivity index (χ1v) is 5.59. The molecule has 0 aromatic heterocycles. The van der Waals surface area contributed by atoms with Crippen molar-refractivity contribution in [1.29, 1.82) is 0 Å². The van der Waals surface area contributed by atoms with Gasteiger partial charge in [-0.1, -0.05) is 35.8 Å². The molecule has 0 heterocycles. The van der Waals surface area contributed by atoms with E-state index in [2.05, 4.69) is 9.99 Å². The number of anilines is 1. The fourth-order valence-electron chi connectivity index (χ4n) is 1.13. The number of benzene rings is 1. The van der Waals surface area contributed by atoms with Gasteiger partial charge in [0.1, 0.15) is 5.17 Å². The molecule has 4 nitrogen and oxygen atoms in total. The molecule has 0 radical (unpaired) electrons. The Morgan fingerprint density at radius 3 is 2.63 bits per heavy atom. The lowest BCUT2D eigenvalue weighted by molar-refractivity contribution is -0.136. The number of nitrogens with zero attached hydrogens (tertiary/aromatic N) is 1. The fraction of sp³-hybridized carbons (Fsp3) is 0.273. The van der Waals surface area contributed by atoms with Gasteiger partial charge in [-0.3, -0.25) is 10.2 Å². The molecule has 0 atom stereocenters. The van der Waals surface area contributed by atoms with Gasteiger partial charge in [0.05, 0.1) is 11.3 Å². The van der Waals surface area contributed by atoms with Crippen molar-refractivity contribution in [2.75, 3.05) is 5.32 Å². The average molecular weight is 295 g/mol. The Hall–Kier alpha value is -1.76. The number of halogens is 4. The van der Waals surface area contributed by atoms with E-state index in [1.807, 2.05) is 5.32 Å². The highest BCUT2D eigenvalue weighted by Gasteiger charge is 2.33. The molecular formula is C11H10ClF3N2O2. The molecule has 1 amide bonds. The van der Waals surface area contributed by atoms with E-state index in [4.69, 9.17) is 11.6 Å². The highest BCUT2D eigenvalue weighted by atomic mass is 35.5. The number of hydrogen-bond donors (Lipinski definition) is 1. The number of alkyl halides is 3. The summed E-state index contributed by atoms with van der Waals surface area (Å²) in [5.41, 5.74) is -1.39. The van der Waals surface area contributed by atoms with Gasteiger partial charge in [-0.2, -0.15) is 13.2 Å². The lowest BCUT2D eigenvalue weighted by Gasteiger charge is -2.12. The van der Waals surface area contributed by atoms with Crippen molar-refractivity contribution < 1.29 is 22.8 Å². The smallest absolute Gasteiger partial charge is 0.297 e. The minimum Gasteiger partial charge on any atom is -0.297 e. The van der Waals surface area contributed by atoms with E-state index < -0.39 is 23.5 Å². The molecule has 19 heavy (non-hydrogen) atoms. The summed E-state index contributed by atoms with van der Waals surface area (Å²) < 4.78 is 37.9. The van der Waals surface area contributed by atoms with Gasteiger partial charge in [0, 0.05) is 6.42 Å². The number of nitrogens with one attached hydrogen (secondary N) is 1. The van der Waals surface area contributed by atoms with Crippen LogP contribution in [0.4, 0.5) is 23.7 Å². The summed E-state index contributed by atoms with van der Waals surface area (Å²) >= 11 is 5.48. The van der Waals surface area contributed by atoms with Gasteiger partial charge in [-0.05, 0) is 12.1 Å². The number of carbonyl (C=O) groups is 1. The van der Waals surface area contributed by atoms with E-state index >= 15 is 0 Å². The number of carbonyl (C=O) groups excluding carboxylic acids is 1. The van der Waals surface area contributed by atoms with Crippen LogP contribution in [0.1, 0.15) is 18.9 Å². The summed E-state index contributed by atoms with van der Waals surface area (Å²) in [4.78, 5) is 15.6. The van der Waals surface area contributed by atoms with Crippen LogP contribution in [0.3, 0.4) is 0 Å². The Kier molecular flexibility index (Phi) is 5.17. The lowest BCUT2D eigenvalue weighted by atomic mass is 10.2. The van der Waals surface area contributed by atoms with Gasteiger partial charge >= 0.3 is 12.3 Å². The van der Waals surface area contributed by atoms with Gasteiger partial charge in [0.15, 0.2) is 0 Å². The van der Waals surface area contributed by atoms with Gasteiger partial charge in [0.2, 0.25) is 0 Å². The summed E-state index contributed by atoms with van der Waals surface area (Å²) in [7, 11) is 0. The van der Waals surface area contributed by atoms with Crippen molar-refractivity contribution in [2.24, 2.45) is 5.16 Å². The molecule has 0 aliphatic carbocycles. The highest BCUT2D eigenvalue weighted by Crippen LogP contribution is 2.34. The largest absolute Gasteiger partial charge is 0.437 e. The molecule has 0 aliphatic heterocycles. The molecule has 1 N–H and O–H groups in total. The van der Waals surface area contributed by atoms with Crippen LogP contribution in [-0.4, -0.2) is 11.3 Å². The fourth-order valence-corrected chi connectivity index (χ4v) is 1.16. The first kappa shape index (κ1) is 15.3. The van der Waals surface area contributed by atoms with E-state index in [9.17, 15) is 18.0 Å². The molecule has 0 saturated carbocycles. The molecule has 8 heteroatoms. The average Bonchev–Trinajstić information content (AvgIpc) is 2.35. The van der Waals surface area contributed by atoms with Gasteiger partial charge in [-0.25, -0.2) is 4.79 Å². The molecule has 104 valence electrons. The maximum atomic E-state index is 12.6. The Labute approximate surface area is 112 Å². The Bertz CT molecular complexity index is 489. The zero-order chi connectivity index (χ0) is 14.5. The van der Waals surface area contributed by atoms with Gasteiger partial charge in [-0.15, -0.1) is 0 Å². The molecule has 1 aromatic rings. The highest BCUT2D eigenvalue weighted by molar-refractivity contribution is 6.65. The Balaban J connectivity index is 2.80. The van der Waals surface area contributed by atoms with Crippen LogP contribution in [0.5, 0.6) is 0 Å². The Morgan fingerprint density at radius 1 is 1.42 bits per heavy atom. The maximum Gasteiger partial charge on any atom is 0.437 e. The van der Waals surface area contributed by atoms with Gasteiger partial charge in [0.25, 0.3) is 0 Å². The zero-order valence-electron chi connectivity index (χ0n) is 9.79. The van der Waals surface area contributed by atoms with Crippen molar-refractivity contribution in [3.63, 3.8) is 0 Å². The van der Waals surface area contributed by atoms with Crippen molar-refractivity contribution in [1.82, 2.24) is 0 Å². The molecule has 0 fully saturated rings. The lowest BCUT2D eigenvalue weighted by Crippen LogP contribution is -2.16. The van der Waals surface area contributed by atoms with Crippen molar-refractivity contribution in [3.8, 4) is 0 Å². The maximum absolute atomic E-state index is 12.6. The second-order valence-electron chi connectivity index (χ2n) is 3.37. The Morgan fingerprint density at radius 2 is 2.05 bits per heavy atom. The minimum absolute atomic E-state index is 0.0271. The second-order valence-corrected chi connectivity index (χ2v) is 3.80. The zero-order valence-corrected chi connectivity index (χ0v) is 10.5. The summed E-state index contributed by atoms with van der Waals surface area (Å²) in [6.07, 6.45) is -5.38. The number of amides is 1. The normalized spacial score (nSPS) is 12.2. The van der Waals surface area contributed by atoms with Gasteiger partial charge < -0.3 is 0 Å². The van der Waals surface area contributed by atoms with Crippen LogP contribution in [0.2, 0.25) is 0 Å². The number of hydrogen-bond acceptors (Lipinski definition) is 3. The van der Waals surface area contributed by atoms with E-state index in [1.165, 1.54) is 12.1 Å². The topological polar surface area (TPSA) is 50.7 Å². The van der Waals surface area contributed by atoms with Crippen LogP contribution < -0.4 is 5.32 Å². The predicted molar refractivity (Wildman–Crippen MR) is 65.1 cm³/mol. The van der Waals surface area contributed by atoms with E-state index in [0.29, 0.717) is 6.42 Å². The van der Waals surface area contributed by atoms with E-state index in [0.717, 1.165) is 12.1 Å². The third-order valence-corrected chi connectivity index (χ3v) is 2.32. The standard InChI is InChI=1S/C11H10ClF3N2O2/c1-2-9(12)17-19-10(18)16-8-6-4-3-5-7(8)11(13,14)15/h3-6H,2H2,1H3,(H,16,18)/b17-9+. The summed E-state index contributed by atoms with van der Waals surface area (Å²) in [6, 6.07) is 4.52. The van der Waals surface area contributed by atoms with Crippen LogP contribution >= 0.6 is 11.6 Å². The molecular weight excluding hydrogens is 285 g/mol. The summed E-state index contributed by atoms with van der Waals surface area (Å²) in [5, 5.41) is 5.20. The molecule has 0 spiro atoms. The number of oxime groups is 1. The van der Waals surface area contributed by atoms with Crippen molar-refractivity contribution in [3.05, 3.63) is 29.8 Å². The predicted octanol–water partition coefficient (Wildman–Crippen LogP) is 4.22.